The van der Waals surface area contributed by atoms with Gasteiger partial charge < -0.3 is 10.6 Å². The van der Waals surface area contributed by atoms with Gasteiger partial charge in [-0.05, 0) is 12.8 Å². The molecule has 1 rings (SSSR count). The summed E-state index contributed by atoms with van der Waals surface area (Å²) in [7, 11) is 0. The number of nitrogens with one attached hydrogen (secondary N) is 2. The highest BCUT2D eigenvalue weighted by Gasteiger charge is 2.16. The van der Waals surface area contributed by atoms with Gasteiger partial charge in [-0.1, -0.05) is 18.9 Å². The van der Waals surface area contributed by atoms with Gasteiger partial charge in [0.15, 0.2) is 0 Å². The predicted octanol–water partition coefficient (Wildman–Crippen LogP) is 0.821. The summed E-state index contributed by atoms with van der Waals surface area (Å²) in [6, 6.07) is 0.429. The Balaban J connectivity index is 2.05. The van der Waals surface area contributed by atoms with Crippen molar-refractivity contribution in [3.8, 4) is 0 Å². The van der Waals surface area contributed by atoms with Gasteiger partial charge in [-0.3, -0.25) is 4.79 Å². The fourth-order valence-electron chi connectivity index (χ4n) is 1.64. The lowest BCUT2D eigenvalue weighted by molar-refractivity contribution is -0.120. The highest BCUT2D eigenvalue weighted by molar-refractivity contribution is 5.78. The third-order valence-corrected chi connectivity index (χ3v) is 2.29. The Kier molecular flexibility index (Phi) is 4.54. The topological polar surface area (TPSA) is 41.1 Å². The van der Waals surface area contributed by atoms with E-state index >= 15 is 0 Å². The molecule has 0 radical (unpaired) electrons. The summed E-state index contributed by atoms with van der Waals surface area (Å²) in [5.41, 5.74) is 0. The van der Waals surface area contributed by atoms with Crippen LogP contribution in [0, 0.1) is 0 Å². The predicted molar refractivity (Wildman–Crippen MR) is 53.5 cm³/mol. The first-order valence-corrected chi connectivity index (χ1v) is 4.94. The second-order valence-electron chi connectivity index (χ2n) is 3.47. The average molecular weight is 182 g/mol. The van der Waals surface area contributed by atoms with Crippen LogP contribution in [0.3, 0.4) is 0 Å². The van der Waals surface area contributed by atoms with Crippen LogP contribution in [0.2, 0.25) is 0 Å². The lowest BCUT2D eigenvalue weighted by Gasteiger charge is -2.11. The van der Waals surface area contributed by atoms with Crippen LogP contribution in [-0.2, 0) is 4.79 Å². The Bertz CT molecular complexity index is 174. The average Bonchev–Trinajstić information content (AvgIpc) is 2.57. The molecule has 1 aliphatic rings. The van der Waals surface area contributed by atoms with E-state index in [4.69, 9.17) is 0 Å². The Morgan fingerprint density at radius 2 is 2.15 bits per heavy atom. The molecule has 0 aromatic heterocycles. The largest absolute Gasteiger partial charge is 0.352 e. The van der Waals surface area contributed by atoms with Gasteiger partial charge in [-0.25, -0.2) is 0 Å². The van der Waals surface area contributed by atoms with Gasteiger partial charge in [-0.15, -0.1) is 6.58 Å². The number of hydrogen-bond donors (Lipinski definition) is 2. The third-order valence-electron chi connectivity index (χ3n) is 2.29. The maximum atomic E-state index is 11.3. The highest BCUT2D eigenvalue weighted by Crippen LogP contribution is 2.17. The summed E-state index contributed by atoms with van der Waals surface area (Å²) < 4.78 is 0. The fourth-order valence-corrected chi connectivity index (χ4v) is 1.64. The van der Waals surface area contributed by atoms with Gasteiger partial charge in [0.2, 0.25) is 5.91 Å². The minimum Gasteiger partial charge on any atom is -0.352 e. The van der Waals surface area contributed by atoms with Crippen molar-refractivity contribution >= 4 is 5.91 Å². The van der Waals surface area contributed by atoms with Crippen LogP contribution in [0.25, 0.3) is 0 Å². The zero-order chi connectivity index (χ0) is 9.52. The van der Waals surface area contributed by atoms with Crippen LogP contribution >= 0.6 is 0 Å². The SMILES string of the molecule is C=CCNCC(=O)NC1CCCC1. The molecule has 74 valence electrons. The molecule has 0 aromatic carbocycles. The highest BCUT2D eigenvalue weighted by atomic mass is 16.1. The zero-order valence-electron chi connectivity index (χ0n) is 8.01. The second-order valence-corrected chi connectivity index (χ2v) is 3.47. The Labute approximate surface area is 79.6 Å². The molecule has 1 fully saturated rings. The normalized spacial score (nSPS) is 17.2. The molecule has 13 heavy (non-hydrogen) atoms. The van der Waals surface area contributed by atoms with Crippen LogP contribution in [0.4, 0.5) is 0 Å². The van der Waals surface area contributed by atoms with Crippen LogP contribution < -0.4 is 10.6 Å². The van der Waals surface area contributed by atoms with E-state index in [-0.39, 0.29) is 5.91 Å². The molecule has 3 nitrogen and oxygen atoms in total. The van der Waals surface area contributed by atoms with Crippen molar-refractivity contribution in [1.29, 1.82) is 0 Å². The maximum absolute atomic E-state index is 11.3. The van der Waals surface area contributed by atoms with E-state index < -0.39 is 0 Å². The van der Waals surface area contributed by atoms with Crippen molar-refractivity contribution in [2.45, 2.75) is 31.7 Å². The summed E-state index contributed by atoms with van der Waals surface area (Å²) in [5.74, 6) is 0.105. The molecule has 1 amide bonds. The van der Waals surface area contributed by atoms with E-state index in [9.17, 15) is 4.79 Å². The molecule has 0 bridgehead atoms. The Morgan fingerprint density at radius 3 is 2.77 bits per heavy atom. The molecular formula is C10H18N2O. The van der Waals surface area contributed by atoms with Gasteiger partial charge in [0.1, 0.15) is 0 Å². The zero-order valence-corrected chi connectivity index (χ0v) is 8.01. The molecular weight excluding hydrogens is 164 g/mol. The van der Waals surface area contributed by atoms with Crippen molar-refractivity contribution in [2.24, 2.45) is 0 Å². The number of rotatable bonds is 5. The molecule has 0 unspecified atom stereocenters. The Hall–Kier alpha value is -0.830. The summed E-state index contributed by atoms with van der Waals surface area (Å²) >= 11 is 0. The smallest absolute Gasteiger partial charge is 0.234 e. The molecule has 0 aromatic rings. The van der Waals surface area contributed by atoms with Crippen LogP contribution in [0.5, 0.6) is 0 Å². The number of carbonyl (C=O) groups excluding carboxylic acids is 1. The van der Waals surface area contributed by atoms with Gasteiger partial charge in [0, 0.05) is 12.6 Å². The quantitative estimate of drug-likeness (QED) is 0.488. The van der Waals surface area contributed by atoms with Crippen molar-refractivity contribution in [3.05, 3.63) is 12.7 Å². The summed E-state index contributed by atoms with van der Waals surface area (Å²) in [6.07, 6.45) is 6.55. The number of carbonyl (C=O) groups is 1. The molecule has 2 N–H and O–H groups in total. The molecule has 3 heteroatoms. The Morgan fingerprint density at radius 1 is 1.46 bits per heavy atom. The lowest BCUT2D eigenvalue weighted by Crippen LogP contribution is -2.39. The summed E-state index contributed by atoms with van der Waals surface area (Å²) in [5, 5.41) is 5.98. The minimum atomic E-state index is 0.105. The lowest BCUT2D eigenvalue weighted by atomic mass is 10.2. The first-order valence-electron chi connectivity index (χ1n) is 4.94. The second kappa shape index (κ2) is 5.75. The van der Waals surface area contributed by atoms with Crippen LogP contribution in [0.1, 0.15) is 25.7 Å². The summed E-state index contributed by atoms with van der Waals surface area (Å²) in [6.45, 7) is 4.66. The standard InChI is InChI=1S/C10H18N2O/c1-2-7-11-8-10(13)12-9-5-3-4-6-9/h2,9,11H,1,3-8H2,(H,12,13). The molecule has 0 saturated heterocycles. The molecule has 0 spiro atoms. The molecule has 0 atom stereocenters. The summed E-state index contributed by atoms with van der Waals surface area (Å²) in [4.78, 5) is 11.3. The first kappa shape index (κ1) is 10.3. The molecule has 1 aliphatic carbocycles. The van der Waals surface area contributed by atoms with E-state index in [0.29, 0.717) is 19.1 Å². The minimum absolute atomic E-state index is 0.105. The number of hydrogen-bond acceptors (Lipinski definition) is 2. The van der Waals surface area contributed by atoms with Crippen molar-refractivity contribution in [3.63, 3.8) is 0 Å². The molecule has 0 aliphatic heterocycles. The third kappa shape index (κ3) is 4.08. The van der Waals surface area contributed by atoms with Crippen molar-refractivity contribution in [1.82, 2.24) is 10.6 Å². The fraction of sp³-hybridized carbons (Fsp3) is 0.700. The van der Waals surface area contributed by atoms with E-state index in [1.54, 1.807) is 6.08 Å². The van der Waals surface area contributed by atoms with Gasteiger partial charge in [0.05, 0.1) is 6.54 Å². The monoisotopic (exact) mass is 182 g/mol. The van der Waals surface area contributed by atoms with Crippen molar-refractivity contribution in [2.75, 3.05) is 13.1 Å². The number of amides is 1. The van der Waals surface area contributed by atoms with E-state index in [1.807, 2.05) is 0 Å². The molecule has 0 heterocycles. The van der Waals surface area contributed by atoms with Crippen LogP contribution in [-0.4, -0.2) is 25.0 Å². The van der Waals surface area contributed by atoms with E-state index in [2.05, 4.69) is 17.2 Å². The van der Waals surface area contributed by atoms with Crippen LogP contribution in [0.15, 0.2) is 12.7 Å². The van der Waals surface area contributed by atoms with Crippen molar-refractivity contribution < 1.29 is 4.79 Å². The molecule has 1 saturated carbocycles. The first-order chi connectivity index (χ1) is 6.33. The van der Waals surface area contributed by atoms with E-state index in [1.165, 1.54) is 12.8 Å². The van der Waals surface area contributed by atoms with Gasteiger partial charge in [-0.2, -0.15) is 0 Å². The van der Waals surface area contributed by atoms with Gasteiger partial charge in [0.25, 0.3) is 0 Å². The van der Waals surface area contributed by atoms with E-state index in [0.717, 1.165) is 12.8 Å². The van der Waals surface area contributed by atoms with Gasteiger partial charge >= 0.3 is 0 Å². The maximum Gasteiger partial charge on any atom is 0.234 e.